The van der Waals surface area contributed by atoms with Gasteiger partial charge >= 0.3 is 0 Å². The smallest absolute Gasteiger partial charge is 0.0492 e. The van der Waals surface area contributed by atoms with Crippen LogP contribution in [0.4, 0.5) is 0 Å². The van der Waals surface area contributed by atoms with E-state index in [1.54, 1.807) is 0 Å². The van der Waals surface area contributed by atoms with Crippen molar-refractivity contribution in [2.75, 3.05) is 6.54 Å². The van der Waals surface area contributed by atoms with Gasteiger partial charge < -0.3 is 0 Å². The zero-order valence-electron chi connectivity index (χ0n) is 3.38. The Hall–Kier alpha value is 0.460. The fourth-order valence-corrected chi connectivity index (χ4v) is 0.949. The predicted molar refractivity (Wildman–Crippen MR) is 35.1 cm³/mol. The Kier molecular flexibility index (Phi) is 3.92. The maximum atomic E-state index is 4.55. The van der Waals surface area contributed by atoms with Crippen LogP contribution in [0.1, 0.15) is 6.92 Å². The van der Waals surface area contributed by atoms with Gasteiger partial charge in [-0.05, 0) is 6.92 Å². The van der Waals surface area contributed by atoms with Gasteiger partial charge in [0, 0.05) is 36.7 Å². The third kappa shape index (κ3) is 4.46. The molecule has 0 amide bonds. The lowest BCUT2D eigenvalue weighted by atomic mass is 10.8. The van der Waals surface area contributed by atoms with Crippen LogP contribution in [-0.4, -0.2) is 6.54 Å². The highest BCUT2D eigenvalue weighted by atomic mass is 33.1. The second kappa shape index (κ2) is 3.64. The second-order valence-electron chi connectivity index (χ2n) is 0.662. The summed E-state index contributed by atoms with van der Waals surface area (Å²) < 4.78 is 3.78. The standard InChI is InChI=1S/C2H5NS3/c1-2-3-6(4)5/h2H2,1H3. The van der Waals surface area contributed by atoms with Crippen molar-refractivity contribution in [3.05, 3.63) is 0 Å². The molecule has 0 saturated heterocycles. The molecule has 0 aliphatic carbocycles. The van der Waals surface area contributed by atoms with Crippen molar-refractivity contribution in [3.8, 4) is 0 Å². The summed E-state index contributed by atoms with van der Waals surface area (Å²) in [6.07, 6.45) is 0. The van der Waals surface area contributed by atoms with Crippen LogP contribution in [0.15, 0.2) is 4.36 Å². The van der Waals surface area contributed by atoms with E-state index in [9.17, 15) is 0 Å². The first-order chi connectivity index (χ1) is 2.77. The summed E-state index contributed by atoms with van der Waals surface area (Å²) >= 11 is 9.11. The highest BCUT2D eigenvalue weighted by Gasteiger charge is 1.54. The van der Waals surface area contributed by atoms with Gasteiger partial charge in [-0.2, -0.15) is 0 Å². The molecule has 6 heavy (non-hydrogen) atoms. The lowest BCUT2D eigenvalue weighted by Gasteiger charge is -1.64. The molecule has 0 N–H and O–H groups in total. The Balaban J connectivity index is 3.78. The lowest BCUT2D eigenvalue weighted by Crippen LogP contribution is -1.58. The molecule has 0 fully saturated rings. The van der Waals surface area contributed by atoms with E-state index in [2.05, 4.69) is 26.7 Å². The zero-order valence-corrected chi connectivity index (χ0v) is 5.83. The number of rotatable bonds is 1. The Morgan fingerprint density at radius 3 is 2.17 bits per heavy atom. The van der Waals surface area contributed by atoms with Gasteiger partial charge in [0.15, 0.2) is 0 Å². The van der Waals surface area contributed by atoms with E-state index in [1.807, 2.05) is 6.92 Å². The largest absolute Gasteiger partial charge is 0.221 e. The highest BCUT2D eigenvalue weighted by Crippen LogP contribution is 1.60. The van der Waals surface area contributed by atoms with E-state index >= 15 is 0 Å². The minimum Gasteiger partial charge on any atom is -0.221 e. The van der Waals surface area contributed by atoms with Crippen LogP contribution in [0.3, 0.4) is 0 Å². The molecular formula is C2H5NS3. The Morgan fingerprint density at radius 2 is 2.17 bits per heavy atom. The summed E-state index contributed by atoms with van der Waals surface area (Å²) in [5.74, 6) is 0. The van der Waals surface area contributed by atoms with Crippen molar-refractivity contribution in [1.82, 2.24) is 0 Å². The molecule has 0 unspecified atom stereocenters. The number of nitrogens with zero attached hydrogens (tertiary/aromatic N) is 1. The summed E-state index contributed by atoms with van der Waals surface area (Å²) in [5, 5.41) is 0. The van der Waals surface area contributed by atoms with Crippen molar-refractivity contribution >= 4 is 30.2 Å². The first kappa shape index (κ1) is 6.46. The van der Waals surface area contributed by atoms with Crippen molar-refractivity contribution in [3.63, 3.8) is 0 Å². The molecule has 1 nitrogen and oxygen atoms in total. The molecule has 0 aliphatic heterocycles. The summed E-state index contributed by atoms with van der Waals surface area (Å²) in [6.45, 7) is 2.69. The molecule has 0 rings (SSSR count). The predicted octanol–water partition coefficient (Wildman–Crippen LogP) is 0.732. The topological polar surface area (TPSA) is 12.4 Å². The molecule has 0 atom stereocenters. The summed E-state index contributed by atoms with van der Waals surface area (Å²) in [5.41, 5.74) is 0. The van der Waals surface area contributed by atoms with Gasteiger partial charge in [-0.25, -0.2) is 4.36 Å². The number of hydrogen-bond donors (Lipinski definition) is 0. The molecule has 0 heterocycles. The first-order valence-electron chi connectivity index (χ1n) is 1.54. The van der Waals surface area contributed by atoms with E-state index in [-0.39, 0.29) is 0 Å². The molecule has 0 radical (unpaired) electrons. The maximum absolute atomic E-state index is 4.55. The molecule has 0 aliphatic rings. The van der Waals surface area contributed by atoms with Crippen molar-refractivity contribution in [1.29, 1.82) is 0 Å². The van der Waals surface area contributed by atoms with Crippen LogP contribution in [0.2, 0.25) is 0 Å². The quantitative estimate of drug-likeness (QED) is 0.531. The lowest BCUT2D eigenvalue weighted by molar-refractivity contribution is 1.16. The molecule has 4 heteroatoms. The molecule has 0 saturated carbocycles. The molecule has 0 spiro atoms. The van der Waals surface area contributed by atoms with Crippen LogP contribution in [0, 0.1) is 0 Å². The van der Waals surface area contributed by atoms with Crippen LogP contribution in [-0.2, 0) is 30.2 Å². The molecule has 0 aromatic heterocycles. The third-order valence-electron chi connectivity index (χ3n) is 0.235. The average Bonchev–Trinajstić information content (AvgIpc) is 1.35. The van der Waals surface area contributed by atoms with Crippen molar-refractivity contribution in [2.45, 2.75) is 6.92 Å². The minimum atomic E-state index is -0.524. The molecule has 36 valence electrons. The van der Waals surface area contributed by atoms with Crippen LogP contribution in [0.5, 0.6) is 0 Å². The van der Waals surface area contributed by atoms with Crippen LogP contribution in [0.25, 0.3) is 0 Å². The maximum Gasteiger partial charge on any atom is 0.0492 e. The Morgan fingerprint density at radius 1 is 1.67 bits per heavy atom. The Labute approximate surface area is 48.4 Å². The average molecular weight is 139 g/mol. The van der Waals surface area contributed by atoms with Gasteiger partial charge in [0.05, 0.1) is 0 Å². The highest BCUT2D eigenvalue weighted by molar-refractivity contribution is 8.41. The summed E-state index contributed by atoms with van der Waals surface area (Å²) in [4.78, 5) is 0. The van der Waals surface area contributed by atoms with E-state index in [0.29, 0.717) is 0 Å². The van der Waals surface area contributed by atoms with Crippen molar-refractivity contribution in [2.24, 2.45) is 4.36 Å². The minimum absolute atomic E-state index is 0.524. The van der Waals surface area contributed by atoms with Gasteiger partial charge in [0.2, 0.25) is 0 Å². The second-order valence-corrected chi connectivity index (χ2v) is 3.88. The van der Waals surface area contributed by atoms with Gasteiger partial charge in [0.25, 0.3) is 0 Å². The fourth-order valence-electron chi connectivity index (χ4n) is 0.105. The van der Waals surface area contributed by atoms with Gasteiger partial charge in [-0.3, -0.25) is 0 Å². The third-order valence-corrected chi connectivity index (χ3v) is 1.34. The molecule has 0 bridgehead atoms. The monoisotopic (exact) mass is 139 g/mol. The molecule has 0 aromatic rings. The van der Waals surface area contributed by atoms with Crippen LogP contribution >= 0.6 is 0 Å². The first-order valence-corrected chi connectivity index (χ1v) is 4.57. The normalized spacial score (nSPS) is 7.50. The van der Waals surface area contributed by atoms with E-state index in [4.69, 9.17) is 0 Å². The Bertz CT molecular complexity index is 123. The molecule has 0 aromatic carbocycles. The SMILES string of the molecule is CCN=S(=S)=S. The van der Waals surface area contributed by atoms with Gasteiger partial charge in [-0.1, -0.05) is 0 Å². The molecular weight excluding hydrogens is 134 g/mol. The summed E-state index contributed by atoms with van der Waals surface area (Å²) in [7, 11) is -0.524. The van der Waals surface area contributed by atoms with Gasteiger partial charge in [0.1, 0.15) is 0 Å². The van der Waals surface area contributed by atoms with Gasteiger partial charge in [-0.15, -0.1) is 0 Å². The fraction of sp³-hybridized carbons (Fsp3) is 1.00. The van der Waals surface area contributed by atoms with E-state index in [0.717, 1.165) is 6.54 Å². The summed E-state index contributed by atoms with van der Waals surface area (Å²) in [6, 6.07) is 0. The zero-order chi connectivity index (χ0) is 4.99. The van der Waals surface area contributed by atoms with Crippen LogP contribution < -0.4 is 0 Å². The van der Waals surface area contributed by atoms with E-state index < -0.39 is 7.81 Å². The van der Waals surface area contributed by atoms with Crippen molar-refractivity contribution < 1.29 is 0 Å². The number of hydrogen-bond acceptors (Lipinski definition) is 3. The van der Waals surface area contributed by atoms with E-state index in [1.165, 1.54) is 0 Å².